The van der Waals surface area contributed by atoms with Crippen LogP contribution in [0.1, 0.15) is 33.4 Å². The molecule has 3 aromatic rings. The lowest BCUT2D eigenvalue weighted by molar-refractivity contribution is -0.133. The first-order valence-electron chi connectivity index (χ1n) is 10.2. The lowest BCUT2D eigenvalue weighted by Gasteiger charge is -2.20. The molecule has 1 aliphatic heterocycles. The number of nitrogens with two attached hydrogens (primary N) is 1. The summed E-state index contributed by atoms with van der Waals surface area (Å²) in [7, 11) is 0. The fourth-order valence-electron chi connectivity index (χ4n) is 3.79. The van der Waals surface area contributed by atoms with Gasteiger partial charge in [0.25, 0.3) is 0 Å². The van der Waals surface area contributed by atoms with Gasteiger partial charge in [0.2, 0.25) is 5.91 Å². The average Bonchev–Trinajstić information content (AvgIpc) is 3.18. The molecule has 0 spiro atoms. The second kappa shape index (κ2) is 9.27. The summed E-state index contributed by atoms with van der Waals surface area (Å²) in [6.07, 6.45) is 4.58. The van der Waals surface area contributed by atoms with E-state index in [0.29, 0.717) is 29.6 Å². The summed E-state index contributed by atoms with van der Waals surface area (Å²) < 4.78 is 0. The van der Waals surface area contributed by atoms with Crippen molar-refractivity contribution in [3.05, 3.63) is 104 Å². The predicted octanol–water partition coefficient (Wildman–Crippen LogP) is 5.88. The molecule has 0 saturated carbocycles. The zero-order valence-electron chi connectivity index (χ0n) is 17.3. The van der Waals surface area contributed by atoms with E-state index in [2.05, 4.69) is 61.5 Å². The van der Waals surface area contributed by atoms with Gasteiger partial charge in [-0.1, -0.05) is 83.4 Å². The molecule has 0 aliphatic carbocycles. The molecule has 1 heterocycles. The van der Waals surface area contributed by atoms with Gasteiger partial charge in [-0.3, -0.25) is 4.79 Å². The van der Waals surface area contributed by atoms with Gasteiger partial charge in [0.1, 0.15) is 0 Å². The Morgan fingerprint density at radius 3 is 2.39 bits per heavy atom. The topological polar surface area (TPSA) is 46.3 Å². The Bertz CT molecular complexity index is 1140. The predicted molar refractivity (Wildman–Crippen MR) is 129 cm³/mol. The normalized spacial score (nSPS) is 14.1. The van der Waals surface area contributed by atoms with Crippen molar-refractivity contribution in [3.63, 3.8) is 0 Å². The zero-order chi connectivity index (χ0) is 22.0. The van der Waals surface area contributed by atoms with Crippen molar-refractivity contribution < 1.29 is 4.79 Å². The Hall–Kier alpha value is -2.59. The summed E-state index contributed by atoms with van der Waals surface area (Å²) in [5.74, 6) is -0.0704. The zero-order valence-corrected chi connectivity index (χ0v) is 18.8. The minimum absolute atomic E-state index is 0.0704. The van der Waals surface area contributed by atoms with E-state index in [1.165, 1.54) is 5.56 Å². The van der Waals surface area contributed by atoms with Crippen LogP contribution in [0.25, 0.3) is 12.2 Å². The number of carbonyl (C=O) groups excluding carboxylic acids is 1. The summed E-state index contributed by atoms with van der Waals surface area (Å²) in [5, 5.41) is 1.10. The fraction of sp³-hybridized carbons (Fsp3) is 0.192. The first-order chi connectivity index (χ1) is 14.9. The van der Waals surface area contributed by atoms with Crippen LogP contribution in [0.4, 0.5) is 0 Å². The smallest absolute Gasteiger partial charge is 0.240 e. The monoisotopic (exact) mass is 450 g/mol. The van der Waals surface area contributed by atoms with Crippen LogP contribution in [0.15, 0.2) is 60.7 Å². The van der Waals surface area contributed by atoms with Crippen molar-refractivity contribution in [2.24, 2.45) is 5.73 Å². The number of hydrogen-bond donors (Lipinski definition) is 1. The van der Waals surface area contributed by atoms with Crippen LogP contribution in [-0.2, 0) is 24.3 Å². The molecular weight excluding hydrogens is 427 g/mol. The highest BCUT2D eigenvalue weighted by molar-refractivity contribution is 6.35. The Kier molecular flexibility index (Phi) is 6.47. The average molecular weight is 451 g/mol. The van der Waals surface area contributed by atoms with Gasteiger partial charge in [0.05, 0.1) is 6.04 Å². The Balaban J connectivity index is 1.41. The highest BCUT2D eigenvalue weighted by atomic mass is 35.5. The van der Waals surface area contributed by atoms with Gasteiger partial charge in [-0.25, -0.2) is 0 Å². The van der Waals surface area contributed by atoms with E-state index in [1.54, 1.807) is 12.1 Å². The Morgan fingerprint density at radius 1 is 0.968 bits per heavy atom. The van der Waals surface area contributed by atoms with Crippen LogP contribution >= 0.6 is 23.2 Å². The Labute approximate surface area is 193 Å². The fourth-order valence-corrected chi connectivity index (χ4v) is 4.28. The third-order valence-corrected chi connectivity index (χ3v) is 6.17. The van der Waals surface area contributed by atoms with Gasteiger partial charge in [-0.05, 0) is 59.4 Å². The summed E-state index contributed by atoms with van der Waals surface area (Å²) in [6.45, 7) is 3.23. The van der Waals surface area contributed by atoms with Crippen LogP contribution in [0, 0.1) is 6.92 Å². The molecule has 158 valence electrons. The van der Waals surface area contributed by atoms with Crippen LogP contribution < -0.4 is 5.73 Å². The van der Waals surface area contributed by atoms with Crippen LogP contribution in [0.5, 0.6) is 0 Å². The number of nitrogens with zero attached hydrogens (tertiary/aromatic N) is 1. The standard InChI is InChI=1S/C26H24Cl2N2O/c1-17-2-4-18(5-3-17)6-7-19-8-9-21-15-30(16-22(21)12-19)26(31)25(29)13-20-10-11-23(27)14-24(20)28/h2-12,14,25H,13,15-16,29H2,1H3. The number of rotatable bonds is 5. The largest absolute Gasteiger partial charge is 0.333 e. The molecule has 5 heteroatoms. The maximum Gasteiger partial charge on any atom is 0.240 e. The van der Waals surface area contributed by atoms with Gasteiger partial charge in [0.15, 0.2) is 0 Å². The SMILES string of the molecule is Cc1ccc(C=Cc2ccc3c(c2)CN(C(=O)C(N)Cc2ccc(Cl)cc2Cl)C3)cc1. The molecule has 0 saturated heterocycles. The molecule has 0 bridgehead atoms. The van der Waals surface area contributed by atoms with Gasteiger partial charge >= 0.3 is 0 Å². The van der Waals surface area contributed by atoms with Crippen molar-refractivity contribution in [1.82, 2.24) is 4.90 Å². The van der Waals surface area contributed by atoms with E-state index in [4.69, 9.17) is 28.9 Å². The quantitative estimate of drug-likeness (QED) is 0.492. The first-order valence-corrected chi connectivity index (χ1v) is 11.0. The molecule has 0 aromatic heterocycles. The van der Waals surface area contributed by atoms with E-state index < -0.39 is 6.04 Å². The van der Waals surface area contributed by atoms with Gasteiger partial charge in [-0.15, -0.1) is 0 Å². The van der Waals surface area contributed by atoms with Crippen molar-refractivity contribution in [2.75, 3.05) is 0 Å². The van der Waals surface area contributed by atoms with E-state index >= 15 is 0 Å². The van der Waals surface area contributed by atoms with Crippen molar-refractivity contribution in [2.45, 2.75) is 32.5 Å². The second-order valence-electron chi connectivity index (χ2n) is 8.01. The molecule has 1 aliphatic rings. The summed E-state index contributed by atoms with van der Waals surface area (Å²) >= 11 is 12.2. The number of hydrogen-bond acceptors (Lipinski definition) is 2. The Morgan fingerprint density at radius 2 is 1.65 bits per heavy atom. The lowest BCUT2D eigenvalue weighted by Crippen LogP contribution is -2.42. The van der Waals surface area contributed by atoms with Crippen molar-refractivity contribution in [3.8, 4) is 0 Å². The van der Waals surface area contributed by atoms with E-state index in [-0.39, 0.29) is 5.91 Å². The van der Waals surface area contributed by atoms with Gasteiger partial charge < -0.3 is 10.6 Å². The lowest BCUT2D eigenvalue weighted by atomic mass is 10.1. The number of carbonyl (C=O) groups is 1. The van der Waals surface area contributed by atoms with Crippen LogP contribution in [0.2, 0.25) is 10.0 Å². The maximum atomic E-state index is 12.9. The summed E-state index contributed by atoms with van der Waals surface area (Å²) in [6, 6.07) is 19.4. The molecule has 2 N–H and O–H groups in total. The molecule has 3 nitrogen and oxygen atoms in total. The summed E-state index contributed by atoms with van der Waals surface area (Å²) in [5.41, 5.74) is 12.9. The first kappa shape index (κ1) is 21.6. The summed E-state index contributed by atoms with van der Waals surface area (Å²) in [4.78, 5) is 14.7. The van der Waals surface area contributed by atoms with Gasteiger partial charge in [0, 0.05) is 23.1 Å². The van der Waals surface area contributed by atoms with E-state index in [9.17, 15) is 4.79 Å². The molecular formula is C26H24Cl2N2O. The van der Waals surface area contributed by atoms with Crippen molar-refractivity contribution in [1.29, 1.82) is 0 Å². The second-order valence-corrected chi connectivity index (χ2v) is 8.86. The van der Waals surface area contributed by atoms with E-state index in [1.807, 2.05) is 11.0 Å². The molecule has 1 amide bonds. The highest BCUT2D eigenvalue weighted by Crippen LogP contribution is 2.27. The number of fused-ring (bicyclic) bond motifs is 1. The number of aryl methyl sites for hydroxylation is 1. The minimum Gasteiger partial charge on any atom is -0.333 e. The van der Waals surface area contributed by atoms with E-state index in [0.717, 1.165) is 27.8 Å². The number of amides is 1. The van der Waals surface area contributed by atoms with Crippen LogP contribution in [0.3, 0.4) is 0 Å². The molecule has 1 atom stereocenters. The van der Waals surface area contributed by atoms with Crippen molar-refractivity contribution >= 4 is 41.3 Å². The highest BCUT2D eigenvalue weighted by Gasteiger charge is 2.27. The molecule has 4 rings (SSSR count). The molecule has 1 unspecified atom stereocenters. The molecule has 0 radical (unpaired) electrons. The number of halogens is 2. The maximum absolute atomic E-state index is 12.9. The minimum atomic E-state index is -0.645. The molecule has 0 fully saturated rings. The number of benzene rings is 3. The van der Waals surface area contributed by atoms with Crippen LogP contribution in [-0.4, -0.2) is 16.8 Å². The molecule has 3 aromatic carbocycles. The van der Waals surface area contributed by atoms with Gasteiger partial charge in [-0.2, -0.15) is 0 Å². The third kappa shape index (κ3) is 5.19. The third-order valence-electron chi connectivity index (χ3n) is 5.58. The molecule has 31 heavy (non-hydrogen) atoms.